The van der Waals surface area contributed by atoms with Crippen LogP contribution < -0.4 is 10.6 Å². The molecule has 2 N–H and O–H groups in total. The van der Waals surface area contributed by atoms with Gasteiger partial charge in [-0.05, 0) is 23.4 Å². The van der Waals surface area contributed by atoms with Crippen molar-refractivity contribution < 1.29 is 0 Å². The van der Waals surface area contributed by atoms with E-state index in [1.807, 2.05) is 17.4 Å². The van der Waals surface area contributed by atoms with Crippen molar-refractivity contribution in [3.8, 4) is 0 Å². The smallest absolute Gasteiger partial charge is 0.134 e. The molecule has 0 aliphatic carbocycles. The molecule has 0 saturated heterocycles. The molecule has 5 heteroatoms. The van der Waals surface area contributed by atoms with Crippen LogP contribution in [0.2, 0.25) is 0 Å². The van der Waals surface area contributed by atoms with E-state index in [-0.39, 0.29) is 0 Å². The first-order chi connectivity index (χ1) is 7.83. The molecular weight excluding hydrogens is 220 g/mol. The van der Waals surface area contributed by atoms with Gasteiger partial charge in [-0.2, -0.15) is 0 Å². The second-order valence-electron chi connectivity index (χ2n) is 3.84. The zero-order valence-corrected chi connectivity index (χ0v) is 9.57. The quantitative estimate of drug-likeness (QED) is 0.812. The van der Waals surface area contributed by atoms with Gasteiger partial charge in [-0.3, -0.25) is 0 Å². The maximum absolute atomic E-state index is 5.66. The lowest BCUT2D eigenvalue weighted by Crippen LogP contribution is -2.30. The summed E-state index contributed by atoms with van der Waals surface area (Å²) in [7, 11) is 0. The van der Waals surface area contributed by atoms with E-state index in [0.29, 0.717) is 5.82 Å². The number of hydrogen-bond acceptors (Lipinski definition) is 5. The molecule has 0 unspecified atom stereocenters. The number of nitrogens with two attached hydrogens (primary N) is 1. The molecule has 0 amide bonds. The highest BCUT2D eigenvalue weighted by Crippen LogP contribution is 2.26. The highest BCUT2D eigenvalue weighted by molar-refractivity contribution is 7.10. The largest absolute Gasteiger partial charge is 0.384 e. The predicted molar refractivity (Wildman–Crippen MR) is 65.5 cm³/mol. The topological polar surface area (TPSA) is 55.0 Å². The molecule has 2 aromatic rings. The first-order valence-electron chi connectivity index (χ1n) is 5.20. The normalized spacial score (nSPS) is 14.9. The monoisotopic (exact) mass is 232 g/mol. The molecule has 16 heavy (non-hydrogen) atoms. The Labute approximate surface area is 97.8 Å². The standard InChI is InChI=1S/C11H12N4S/c12-10-5-11(14-7-13-10)15-3-1-9-8(6-15)2-4-16-9/h2,4-5,7H,1,3,6H2,(H2,12,13,14). The Bertz CT molecular complexity index is 508. The summed E-state index contributed by atoms with van der Waals surface area (Å²) in [6, 6.07) is 4.02. The van der Waals surface area contributed by atoms with Gasteiger partial charge in [0.15, 0.2) is 0 Å². The van der Waals surface area contributed by atoms with Gasteiger partial charge in [-0.15, -0.1) is 11.3 Å². The number of fused-ring (bicyclic) bond motifs is 1. The van der Waals surface area contributed by atoms with E-state index in [1.165, 1.54) is 16.8 Å². The van der Waals surface area contributed by atoms with E-state index >= 15 is 0 Å². The number of nitrogens with zero attached hydrogens (tertiary/aromatic N) is 3. The maximum atomic E-state index is 5.66. The molecule has 0 bridgehead atoms. The van der Waals surface area contributed by atoms with E-state index in [1.54, 1.807) is 0 Å². The summed E-state index contributed by atoms with van der Waals surface area (Å²) in [4.78, 5) is 11.9. The third-order valence-electron chi connectivity index (χ3n) is 2.81. The number of thiophene rings is 1. The lowest BCUT2D eigenvalue weighted by atomic mass is 10.1. The fourth-order valence-electron chi connectivity index (χ4n) is 1.98. The van der Waals surface area contributed by atoms with Gasteiger partial charge in [-0.25, -0.2) is 9.97 Å². The number of nitrogen functional groups attached to an aromatic ring is 1. The van der Waals surface area contributed by atoms with Gasteiger partial charge < -0.3 is 10.6 Å². The molecule has 0 atom stereocenters. The van der Waals surface area contributed by atoms with Crippen molar-refractivity contribution in [2.75, 3.05) is 17.2 Å². The Morgan fingerprint density at radius 1 is 1.38 bits per heavy atom. The number of aromatic nitrogens is 2. The third-order valence-corrected chi connectivity index (χ3v) is 3.83. The molecule has 0 spiro atoms. The van der Waals surface area contributed by atoms with E-state index in [2.05, 4.69) is 26.3 Å². The second-order valence-corrected chi connectivity index (χ2v) is 4.84. The van der Waals surface area contributed by atoms with Gasteiger partial charge in [-0.1, -0.05) is 0 Å². The highest BCUT2D eigenvalue weighted by Gasteiger charge is 2.18. The van der Waals surface area contributed by atoms with Gasteiger partial charge in [0.2, 0.25) is 0 Å². The summed E-state index contributed by atoms with van der Waals surface area (Å²) in [6.07, 6.45) is 2.62. The molecule has 0 saturated carbocycles. The minimum absolute atomic E-state index is 0.529. The molecule has 4 nitrogen and oxygen atoms in total. The number of anilines is 2. The summed E-state index contributed by atoms with van der Waals surface area (Å²) in [5.74, 6) is 1.45. The average molecular weight is 232 g/mol. The van der Waals surface area contributed by atoms with Crippen LogP contribution >= 0.6 is 11.3 Å². The molecule has 3 rings (SSSR count). The summed E-state index contributed by atoms with van der Waals surface area (Å²) in [5, 5.41) is 2.16. The molecule has 3 heterocycles. The summed E-state index contributed by atoms with van der Waals surface area (Å²) < 4.78 is 0. The SMILES string of the molecule is Nc1cc(N2CCc3sccc3C2)ncn1. The maximum Gasteiger partial charge on any atom is 0.134 e. The lowest BCUT2D eigenvalue weighted by molar-refractivity contribution is 0.730. The van der Waals surface area contributed by atoms with Crippen LogP contribution in [0.25, 0.3) is 0 Å². The summed E-state index contributed by atoms with van der Waals surface area (Å²) in [5.41, 5.74) is 7.07. The van der Waals surface area contributed by atoms with Crippen LogP contribution in [0, 0.1) is 0 Å². The van der Waals surface area contributed by atoms with Crippen molar-refractivity contribution in [1.82, 2.24) is 9.97 Å². The zero-order valence-electron chi connectivity index (χ0n) is 8.76. The van der Waals surface area contributed by atoms with E-state index in [4.69, 9.17) is 5.73 Å². The van der Waals surface area contributed by atoms with Gasteiger partial charge in [0.25, 0.3) is 0 Å². The van der Waals surface area contributed by atoms with Crippen molar-refractivity contribution in [3.05, 3.63) is 34.3 Å². The Hall–Kier alpha value is -1.62. The lowest BCUT2D eigenvalue weighted by Gasteiger charge is -2.27. The third kappa shape index (κ3) is 1.63. The van der Waals surface area contributed by atoms with Gasteiger partial charge in [0.05, 0.1) is 0 Å². The van der Waals surface area contributed by atoms with Crippen LogP contribution in [0.4, 0.5) is 11.6 Å². The second kappa shape index (κ2) is 3.75. The van der Waals surface area contributed by atoms with Crippen molar-refractivity contribution in [2.45, 2.75) is 13.0 Å². The van der Waals surface area contributed by atoms with Gasteiger partial charge in [0.1, 0.15) is 18.0 Å². The highest BCUT2D eigenvalue weighted by atomic mass is 32.1. The molecule has 2 aromatic heterocycles. The summed E-state index contributed by atoms with van der Waals surface area (Å²) >= 11 is 1.84. The van der Waals surface area contributed by atoms with Crippen LogP contribution in [0.15, 0.2) is 23.8 Å². The van der Waals surface area contributed by atoms with Crippen molar-refractivity contribution in [3.63, 3.8) is 0 Å². The Morgan fingerprint density at radius 2 is 2.31 bits per heavy atom. The fourth-order valence-corrected chi connectivity index (χ4v) is 2.87. The molecule has 1 aliphatic heterocycles. The van der Waals surface area contributed by atoms with Crippen LogP contribution in [-0.2, 0) is 13.0 Å². The van der Waals surface area contributed by atoms with Crippen molar-refractivity contribution in [1.29, 1.82) is 0 Å². The zero-order chi connectivity index (χ0) is 11.0. The predicted octanol–water partition coefficient (Wildman–Crippen LogP) is 1.68. The average Bonchev–Trinajstić information content (AvgIpc) is 2.75. The van der Waals surface area contributed by atoms with E-state index < -0.39 is 0 Å². The molecule has 0 aromatic carbocycles. The van der Waals surface area contributed by atoms with Crippen LogP contribution in [-0.4, -0.2) is 16.5 Å². The molecule has 0 radical (unpaired) electrons. The number of hydrogen-bond donors (Lipinski definition) is 1. The van der Waals surface area contributed by atoms with E-state index in [9.17, 15) is 0 Å². The van der Waals surface area contributed by atoms with Crippen molar-refractivity contribution in [2.24, 2.45) is 0 Å². The van der Waals surface area contributed by atoms with Crippen LogP contribution in [0.3, 0.4) is 0 Å². The van der Waals surface area contributed by atoms with Crippen molar-refractivity contribution >= 4 is 23.0 Å². The first-order valence-corrected chi connectivity index (χ1v) is 6.08. The molecular formula is C11H12N4S. The molecule has 0 fully saturated rings. The number of rotatable bonds is 1. The summed E-state index contributed by atoms with van der Waals surface area (Å²) in [6.45, 7) is 1.93. The van der Waals surface area contributed by atoms with Crippen LogP contribution in [0.5, 0.6) is 0 Å². The minimum Gasteiger partial charge on any atom is -0.384 e. The molecule has 1 aliphatic rings. The molecule has 82 valence electrons. The van der Waals surface area contributed by atoms with E-state index in [0.717, 1.165) is 25.3 Å². The fraction of sp³-hybridized carbons (Fsp3) is 0.273. The minimum atomic E-state index is 0.529. The Morgan fingerprint density at radius 3 is 3.19 bits per heavy atom. The van der Waals surface area contributed by atoms with Gasteiger partial charge in [0, 0.05) is 24.0 Å². The Kier molecular flexibility index (Phi) is 2.25. The van der Waals surface area contributed by atoms with Crippen LogP contribution in [0.1, 0.15) is 10.4 Å². The first kappa shape index (κ1) is 9.59. The van der Waals surface area contributed by atoms with Gasteiger partial charge >= 0.3 is 0 Å². The Balaban J connectivity index is 1.88.